The van der Waals surface area contributed by atoms with E-state index in [1.54, 1.807) is 13.8 Å². The zero-order chi connectivity index (χ0) is 12.3. The molecule has 2 N–H and O–H groups in total. The molecule has 0 fully saturated rings. The number of aliphatic carboxylic acids is 1. The van der Waals surface area contributed by atoms with E-state index in [2.05, 4.69) is 0 Å². The number of rotatable bonds is 4. The summed E-state index contributed by atoms with van der Waals surface area (Å²) in [7, 11) is 0. The third-order valence-corrected chi connectivity index (χ3v) is 2.54. The lowest BCUT2D eigenvalue weighted by molar-refractivity contribution is -0.138. The molecule has 0 bridgehead atoms. The Morgan fingerprint density at radius 2 is 2.06 bits per heavy atom. The predicted octanol–water partition coefficient (Wildman–Crippen LogP) is 2.61. The number of halogens is 1. The lowest BCUT2D eigenvalue weighted by atomic mass is 9.80. The van der Waals surface area contributed by atoms with Crippen LogP contribution in [-0.2, 0) is 16.9 Å². The standard InChI is InChI=1S/C12H15FO3/c1-12(2,6-11(15)16)9-5-8(7-13)3-4-10(9)14/h3-5,14H,6-7H2,1-2H3,(H,15,16). The molecular weight excluding hydrogens is 211 g/mol. The van der Waals surface area contributed by atoms with E-state index in [1.807, 2.05) is 0 Å². The summed E-state index contributed by atoms with van der Waals surface area (Å²) in [5.74, 6) is -0.946. The number of alkyl halides is 1. The molecule has 3 nitrogen and oxygen atoms in total. The van der Waals surface area contributed by atoms with Crippen molar-refractivity contribution in [3.8, 4) is 5.75 Å². The van der Waals surface area contributed by atoms with Crippen molar-refractivity contribution >= 4 is 5.97 Å². The molecule has 0 spiro atoms. The van der Waals surface area contributed by atoms with Crippen molar-refractivity contribution in [3.63, 3.8) is 0 Å². The van der Waals surface area contributed by atoms with Crippen LogP contribution in [0, 0.1) is 0 Å². The average molecular weight is 226 g/mol. The molecule has 0 aliphatic rings. The maximum atomic E-state index is 12.5. The molecular formula is C12H15FO3. The van der Waals surface area contributed by atoms with Crippen LogP contribution in [0.2, 0.25) is 0 Å². The fourth-order valence-electron chi connectivity index (χ4n) is 1.68. The first kappa shape index (κ1) is 12.5. The van der Waals surface area contributed by atoms with Gasteiger partial charge in [0.1, 0.15) is 12.4 Å². The Morgan fingerprint density at radius 1 is 1.44 bits per heavy atom. The van der Waals surface area contributed by atoms with E-state index in [4.69, 9.17) is 5.11 Å². The molecule has 0 saturated heterocycles. The van der Waals surface area contributed by atoms with Gasteiger partial charge in [-0.1, -0.05) is 19.9 Å². The molecule has 0 amide bonds. The van der Waals surface area contributed by atoms with Crippen molar-refractivity contribution in [2.24, 2.45) is 0 Å². The average Bonchev–Trinajstić information content (AvgIpc) is 2.16. The van der Waals surface area contributed by atoms with Gasteiger partial charge >= 0.3 is 5.97 Å². The first-order valence-corrected chi connectivity index (χ1v) is 4.97. The molecule has 1 aromatic carbocycles. The van der Waals surface area contributed by atoms with E-state index in [0.29, 0.717) is 11.1 Å². The molecule has 0 saturated carbocycles. The topological polar surface area (TPSA) is 57.5 Å². The number of benzene rings is 1. The van der Waals surface area contributed by atoms with Gasteiger partial charge in [-0.2, -0.15) is 0 Å². The molecule has 0 atom stereocenters. The third-order valence-electron chi connectivity index (χ3n) is 2.54. The molecule has 1 aromatic rings. The maximum absolute atomic E-state index is 12.5. The molecule has 88 valence electrons. The van der Waals surface area contributed by atoms with Gasteiger partial charge in [-0.15, -0.1) is 0 Å². The van der Waals surface area contributed by atoms with Gasteiger partial charge in [-0.05, 0) is 17.7 Å². The van der Waals surface area contributed by atoms with Crippen LogP contribution >= 0.6 is 0 Å². The summed E-state index contributed by atoms with van der Waals surface area (Å²) in [5, 5.41) is 18.4. The molecule has 0 radical (unpaired) electrons. The molecule has 0 heterocycles. The van der Waals surface area contributed by atoms with Crippen molar-refractivity contribution in [2.45, 2.75) is 32.4 Å². The number of phenolic OH excluding ortho intramolecular Hbond substituents is 1. The Labute approximate surface area is 93.5 Å². The number of aromatic hydroxyl groups is 1. The Hall–Kier alpha value is -1.58. The van der Waals surface area contributed by atoms with Crippen LogP contribution in [0.3, 0.4) is 0 Å². The minimum atomic E-state index is -0.949. The van der Waals surface area contributed by atoms with Crippen LogP contribution in [-0.4, -0.2) is 16.2 Å². The fraction of sp³-hybridized carbons (Fsp3) is 0.417. The van der Waals surface area contributed by atoms with Crippen molar-refractivity contribution < 1.29 is 19.4 Å². The van der Waals surface area contributed by atoms with Gasteiger partial charge in [0.15, 0.2) is 0 Å². The minimum Gasteiger partial charge on any atom is -0.508 e. The fourth-order valence-corrected chi connectivity index (χ4v) is 1.68. The largest absolute Gasteiger partial charge is 0.508 e. The Bertz CT molecular complexity index is 399. The molecule has 0 aromatic heterocycles. The first-order valence-electron chi connectivity index (χ1n) is 4.97. The van der Waals surface area contributed by atoms with E-state index >= 15 is 0 Å². The lowest BCUT2D eigenvalue weighted by Crippen LogP contribution is -2.22. The lowest BCUT2D eigenvalue weighted by Gasteiger charge is -2.24. The second-order valence-electron chi connectivity index (χ2n) is 4.44. The summed E-state index contributed by atoms with van der Waals surface area (Å²) >= 11 is 0. The van der Waals surface area contributed by atoms with Gasteiger partial charge in [-0.3, -0.25) is 4.79 Å². The van der Waals surface area contributed by atoms with Crippen LogP contribution in [0.4, 0.5) is 4.39 Å². The smallest absolute Gasteiger partial charge is 0.304 e. The maximum Gasteiger partial charge on any atom is 0.304 e. The molecule has 0 aliphatic carbocycles. The van der Waals surface area contributed by atoms with Crippen LogP contribution in [0.1, 0.15) is 31.4 Å². The highest BCUT2D eigenvalue weighted by Gasteiger charge is 2.27. The van der Waals surface area contributed by atoms with Gasteiger partial charge in [-0.25, -0.2) is 4.39 Å². The highest BCUT2D eigenvalue weighted by molar-refractivity contribution is 5.69. The quantitative estimate of drug-likeness (QED) is 0.829. The van der Waals surface area contributed by atoms with Gasteiger partial charge in [0, 0.05) is 11.0 Å². The Balaban J connectivity index is 3.14. The Morgan fingerprint density at radius 3 is 2.56 bits per heavy atom. The summed E-state index contributed by atoms with van der Waals surface area (Å²) in [4.78, 5) is 10.7. The number of hydrogen-bond donors (Lipinski definition) is 2. The van der Waals surface area contributed by atoms with E-state index in [-0.39, 0.29) is 12.2 Å². The molecule has 16 heavy (non-hydrogen) atoms. The zero-order valence-electron chi connectivity index (χ0n) is 9.33. The van der Waals surface area contributed by atoms with Crippen LogP contribution in [0.15, 0.2) is 18.2 Å². The monoisotopic (exact) mass is 226 g/mol. The minimum absolute atomic E-state index is 0.00319. The van der Waals surface area contributed by atoms with Crippen LogP contribution < -0.4 is 0 Å². The number of hydrogen-bond acceptors (Lipinski definition) is 2. The summed E-state index contributed by atoms with van der Waals surface area (Å²) in [6.45, 7) is 2.78. The molecule has 4 heteroatoms. The summed E-state index contributed by atoms with van der Waals surface area (Å²) in [5.41, 5.74) is 0.178. The number of carboxylic acids is 1. The highest BCUT2D eigenvalue weighted by atomic mass is 19.1. The van der Waals surface area contributed by atoms with Crippen molar-refractivity contribution in [2.75, 3.05) is 0 Å². The number of carboxylic acid groups (broad SMARTS) is 1. The Kier molecular flexibility index (Phi) is 3.52. The third kappa shape index (κ3) is 2.72. The normalized spacial score (nSPS) is 11.4. The zero-order valence-corrected chi connectivity index (χ0v) is 9.33. The highest BCUT2D eigenvalue weighted by Crippen LogP contribution is 2.34. The van der Waals surface area contributed by atoms with E-state index in [0.717, 1.165) is 0 Å². The molecule has 0 aliphatic heterocycles. The van der Waals surface area contributed by atoms with E-state index in [9.17, 15) is 14.3 Å². The van der Waals surface area contributed by atoms with Crippen LogP contribution in [0.5, 0.6) is 5.75 Å². The van der Waals surface area contributed by atoms with E-state index in [1.165, 1.54) is 18.2 Å². The first-order chi connectivity index (χ1) is 7.36. The van der Waals surface area contributed by atoms with Crippen molar-refractivity contribution in [1.29, 1.82) is 0 Å². The summed E-state index contributed by atoms with van der Waals surface area (Å²) < 4.78 is 12.5. The molecule has 0 unspecified atom stereocenters. The second kappa shape index (κ2) is 4.51. The van der Waals surface area contributed by atoms with Gasteiger partial charge < -0.3 is 10.2 Å². The summed E-state index contributed by atoms with van der Waals surface area (Å²) in [6, 6.07) is 4.39. The molecule has 1 rings (SSSR count). The van der Waals surface area contributed by atoms with Crippen LogP contribution in [0.25, 0.3) is 0 Å². The SMILES string of the molecule is CC(C)(CC(=O)O)c1cc(CF)ccc1O. The van der Waals surface area contributed by atoms with Gasteiger partial charge in [0.25, 0.3) is 0 Å². The van der Waals surface area contributed by atoms with Gasteiger partial charge in [0.05, 0.1) is 6.42 Å². The van der Waals surface area contributed by atoms with E-state index < -0.39 is 18.1 Å². The van der Waals surface area contributed by atoms with Crippen molar-refractivity contribution in [1.82, 2.24) is 0 Å². The second-order valence-corrected chi connectivity index (χ2v) is 4.44. The summed E-state index contributed by atoms with van der Waals surface area (Å²) in [6.07, 6.45) is -0.115. The van der Waals surface area contributed by atoms with Gasteiger partial charge in [0.2, 0.25) is 0 Å². The predicted molar refractivity (Wildman–Crippen MR) is 58.2 cm³/mol. The number of carbonyl (C=O) groups is 1. The number of phenols is 1. The van der Waals surface area contributed by atoms with Crippen molar-refractivity contribution in [3.05, 3.63) is 29.3 Å².